The van der Waals surface area contributed by atoms with Crippen LogP contribution in [0.5, 0.6) is 5.75 Å². The molecule has 0 saturated heterocycles. The Morgan fingerprint density at radius 3 is 2.56 bits per heavy atom. The Hall–Kier alpha value is -1.70. The van der Waals surface area contributed by atoms with Crippen molar-refractivity contribution in [3.8, 4) is 11.4 Å². The molecule has 8 heteroatoms. The molecular weight excluding hydrogens is 315 g/mol. The molecule has 2 rings (SSSR count). The number of aromatic nitrogens is 2. The van der Waals surface area contributed by atoms with Crippen molar-refractivity contribution >= 4 is 21.7 Å². The van der Waals surface area contributed by atoms with E-state index in [-0.39, 0.29) is 10.2 Å². The normalized spacial score (nSPS) is 11.6. The van der Waals surface area contributed by atoms with Crippen LogP contribution in [0.3, 0.4) is 0 Å². The van der Waals surface area contributed by atoms with Gasteiger partial charge in [0.1, 0.15) is 17.9 Å². The van der Waals surface area contributed by atoms with Crippen molar-refractivity contribution in [1.29, 1.82) is 0 Å². The second-order valence-corrected chi connectivity index (χ2v) is 4.22. The fourth-order valence-electron chi connectivity index (χ4n) is 1.34. The maximum absolute atomic E-state index is 12.1. The summed E-state index contributed by atoms with van der Waals surface area (Å²) in [5.41, 5.74) is 6.06. The third kappa shape index (κ3) is 2.95. The Kier molecular flexibility index (Phi) is 3.20. The van der Waals surface area contributed by atoms with Crippen LogP contribution in [0.4, 0.5) is 19.0 Å². The Balaban J connectivity index is 2.30. The summed E-state index contributed by atoms with van der Waals surface area (Å²) in [5, 5.41) is 0. The molecule has 1 aromatic carbocycles. The molecule has 1 aromatic heterocycles. The summed E-state index contributed by atoms with van der Waals surface area (Å²) in [5.74, 6) is 0.0149. The van der Waals surface area contributed by atoms with Crippen LogP contribution in [-0.2, 0) is 0 Å². The van der Waals surface area contributed by atoms with E-state index < -0.39 is 6.36 Å². The summed E-state index contributed by atoms with van der Waals surface area (Å²) in [6.07, 6.45) is -1.71. The third-order valence-corrected chi connectivity index (χ3v) is 2.66. The molecule has 0 atom stereocenters. The number of nitrogen functional groups attached to an aromatic ring is 1. The molecule has 4 nitrogen and oxygen atoms in total. The SMILES string of the molecule is Nc1cn(-c2ccc(OC(F)(F)F)c(Br)c2)cn1. The minimum absolute atomic E-state index is 0.185. The average molecular weight is 322 g/mol. The van der Waals surface area contributed by atoms with Crippen LogP contribution in [0.1, 0.15) is 0 Å². The van der Waals surface area contributed by atoms with Gasteiger partial charge in [0, 0.05) is 5.69 Å². The van der Waals surface area contributed by atoms with Gasteiger partial charge in [-0.05, 0) is 34.1 Å². The number of halogens is 4. The van der Waals surface area contributed by atoms with Crippen molar-refractivity contribution in [1.82, 2.24) is 9.55 Å². The van der Waals surface area contributed by atoms with E-state index in [0.29, 0.717) is 11.5 Å². The number of rotatable bonds is 2. The van der Waals surface area contributed by atoms with E-state index in [1.807, 2.05) is 0 Å². The zero-order valence-corrected chi connectivity index (χ0v) is 10.4. The molecule has 0 aliphatic rings. The molecule has 1 heterocycles. The maximum Gasteiger partial charge on any atom is 0.573 e. The van der Waals surface area contributed by atoms with Gasteiger partial charge in [0.05, 0.1) is 10.7 Å². The number of alkyl halides is 3. The maximum atomic E-state index is 12.1. The van der Waals surface area contributed by atoms with Crippen LogP contribution in [0.15, 0.2) is 35.2 Å². The van der Waals surface area contributed by atoms with Gasteiger partial charge in [-0.1, -0.05) is 0 Å². The fraction of sp³-hybridized carbons (Fsp3) is 0.100. The Labute approximate surface area is 108 Å². The van der Waals surface area contributed by atoms with Crippen molar-refractivity contribution in [3.63, 3.8) is 0 Å². The minimum atomic E-state index is -4.72. The summed E-state index contributed by atoms with van der Waals surface area (Å²) >= 11 is 3.01. The van der Waals surface area contributed by atoms with Gasteiger partial charge in [-0.25, -0.2) is 4.98 Å². The van der Waals surface area contributed by atoms with Gasteiger partial charge in [0.2, 0.25) is 0 Å². The van der Waals surface area contributed by atoms with E-state index in [4.69, 9.17) is 5.73 Å². The molecule has 0 radical (unpaired) electrons. The molecule has 0 fully saturated rings. The molecule has 0 saturated carbocycles. The molecule has 2 N–H and O–H groups in total. The van der Waals surface area contributed by atoms with Gasteiger partial charge in [-0.2, -0.15) is 0 Å². The lowest BCUT2D eigenvalue weighted by atomic mass is 10.3. The van der Waals surface area contributed by atoms with E-state index in [1.165, 1.54) is 24.5 Å². The molecule has 2 aromatic rings. The molecule has 0 aliphatic heterocycles. The zero-order chi connectivity index (χ0) is 13.3. The molecule has 0 amide bonds. The highest BCUT2D eigenvalue weighted by molar-refractivity contribution is 9.10. The van der Waals surface area contributed by atoms with E-state index in [2.05, 4.69) is 25.7 Å². The van der Waals surface area contributed by atoms with Gasteiger partial charge >= 0.3 is 6.36 Å². The summed E-state index contributed by atoms with van der Waals surface area (Å²) < 4.78 is 41.8. The van der Waals surface area contributed by atoms with Crippen molar-refractivity contribution in [2.45, 2.75) is 6.36 Å². The first-order valence-corrected chi connectivity index (χ1v) is 5.49. The summed E-state index contributed by atoms with van der Waals surface area (Å²) in [6.45, 7) is 0. The standard InChI is InChI=1S/C10H7BrF3N3O/c11-7-3-6(17-4-9(15)16-5-17)1-2-8(7)18-10(12,13)14/h1-5H,15H2. The Morgan fingerprint density at radius 2 is 2.06 bits per heavy atom. The van der Waals surface area contributed by atoms with Crippen LogP contribution < -0.4 is 10.5 Å². The first-order valence-electron chi connectivity index (χ1n) is 4.70. The van der Waals surface area contributed by atoms with Crippen LogP contribution in [0, 0.1) is 0 Å². The molecular formula is C10H7BrF3N3O. The van der Waals surface area contributed by atoms with E-state index >= 15 is 0 Å². The second kappa shape index (κ2) is 4.52. The predicted molar refractivity (Wildman–Crippen MR) is 62.4 cm³/mol. The highest BCUT2D eigenvalue weighted by Crippen LogP contribution is 2.32. The molecule has 0 bridgehead atoms. The van der Waals surface area contributed by atoms with Crippen LogP contribution in [0.2, 0.25) is 0 Å². The average Bonchev–Trinajstić information content (AvgIpc) is 2.66. The number of benzene rings is 1. The Bertz CT molecular complexity index is 568. The van der Waals surface area contributed by atoms with Crippen LogP contribution in [-0.4, -0.2) is 15.9 Å². The van der Waals surface area contributed by atoms with Crippen LogP contribution >= 0.6 is 15.9 Å². The lowest BCUT2D eigenvalue weighted by Gasteiger charge is -2.11. The third-order valence-electron chi connectivity index (χ3n) is 2.04. The summed E-state index contributed by atoms with van der Waals surface area (Å²) in [4.78, 5) is 3.82. The zero-order valence-electron chi connectivity index (χ0n) is 8.78. The minimum Gasteiger partial charge on any atom is -0.405 e. The second-order valence-electron chi connectivity index (χ2n) is 3.37. The fourth-order valence-corrected chi connectivity index (χ4v) is 1.78. The van der Waals surface area contributed by atoms with Crippen molar-refractivity contribution in [3.05, 3.63) is 35.2 Å². The molecule has 0 spiro atoms. The Morgan fingerprint density at radius 1 is 1.33 bits per heavy atom. The number of nitrogens with zero attached hydrogens (tertiary/aromatic N) is 2. The first kappa shape index (κ1) is 12.7. The van der Waals surface area contributed by atoms with Gasteiger partial charge in [0.25, 0.3) is 0 Å². The number of nitrogens with two attached hydrogens (primary N) is 1. The lowest BCUT2D eigenvalue weighted by molar-refractivity contribution is -0.274. The largest absolute Gasteiger partial charge is 0.573 e. The molecule has 96 valence electrons. The monoisotopic (exact) mass is 321 g/mol. The molecule has 18 heavy (non-hydrogen) atoms. The first-order chi connectivity index (χ1) is 8.35. The molecule has 0 aliphatic carbocycles. The van der Waals surface area contributed by atoms with Crippen LogP contribution in [0.25, 0.3) is 5.69 Å². The quantitative estimate of drug-likeness (QED) is 0.924. The highest BCUT2D eigenvalue weighted by atomic mass is 79.9. The highest BCUT2D eigenvalue weighted by Gasteiger charge is 2.31. The van der Waals surface area contributed by atoms with E-state index in [9.17, 15) is 13.2 Å². The number of imidazole rings is 1. The topological polar surface area (TPSA) is 53.1 Å². The van der Waals surface area contributed by atoms with Gasteiger partial charge in [-0.15, -0.1) is 13.2 Å². The predicted octanol–water partition coefficient (Wildman–Crippen LogP) is 3.12. The van der Waals surface area contributed by atoms with E-state index in [1.54, 1.807) is 10.8 Å². The van der Waals surface area contributed by atoms with E-state index in [0.717, 1.165) is 0 Å². The number of hydrogen-bond donors (Lipinski definition) is 1. The summed E-state index contributed by atoms with van der Waals surface area (Å²) in [6, 6.07) is 4.15. The van der Waals surface area contributed by atoms with Gasteiger partial charge in [-0.3, -0.25) is 0 Å². The summed E-state index contributed by atoms with van der Waals surface area (Å²) in [7, 11) is 0. The number of anilines is 1. The smallest absolute Gasteiger partial charge is 0.405 e. The lowest BCUT2D eigenvalue weighted by Crippen LogP contribution is -2.17. The van der Waals surface area contributed by atoms with Crippen molar-refractivity contribution in [2.24, 2.45) is 0 Å². The number of hydrogen-bond acceptors (Lipinski definition) is 3. The van der Waals surface area contributed by atoms with Crippen molar-refractivity contribution < 1.29 is 17.9 Å². The van der Waals surface area contributed by atoms with Gasteiger partial charge < -0.3 is 15.0 Å². The number of ether oxygens (including phenoxy) is 1. The molecule has 0 unspecified atom stereocenters. The van der Waals surface area contributed by atoms with Crippen molar-refractivity contribution in [2.75, 3.05) is 5.73 Å². The van der Waals surface area contributed by atoms with Gasteiger partial charge in [0.15, 0.2) is 0 Å².